The van der Waals surface area contributed by atoms with Gasteiger partial charge >= 0.3 is 0 Å². The summed E-state index contributed by atoms with van der Waals surface area (Å²) in [5, 5.41) is 7.55. The summed E-state index contributed by atoms with van der Waals surface area (Å²) in [6.07, 6.45) is 0. The van der Waals surface area contributed by atoms with Gasteiger partial charge in [0, 0.05) is 17.1 Å². The predicted octanol–water partition coefficient (Wildman–Crippen LogP) is 15.3. The summed E-state index contributed by atoms with van der Waals surface area (Å²) in [5.74, 6) is 0. The van der Waals surface area contributed by atoms with E-state index in [2.05, 4.69) is 229 Å². The summed E-state index contributed by atoms with van der Waals surface area (Å²) >= 11 is 0. The van der Waals surface area contributed by atoms with E-state index in [4.69, 9.17) is 0 Å². The van der Waals surface area contributed by atoms with Crippen LogP contribution in [0.25, 0.3) is 76.8 Å². The molecule has 1 nitrogen and oxygen atoms in total. The van der Waals surface area contributed by atoms with Gasteiger partial charge in [0.15, 0.2) is 0 Å². The van der Waals surface area contributed by atoms with Crippen LogP contribution in [0.15, 0.2) is 224 Å². The minimum absolute atomic E-state index is 1.10. The van der Waals surface area contributed by atoms with E-state index >= 15 is 0 Å². The molecule has 0 radical (unpaired) electrons. The fourth-order valence-electron chi connectivity index (χ4n) is 8.13. The normalized spacial score (nSPS) is 11.3. The van der Waals surface area contributed by atoms with Gasteiger partial charge in [-0.2, -0.15) is 0 Å². The Morgan fingerprint density at radius 2 is 0.545 bits per heavy atom. The van der Waals surface area contributed by atoms with Crippen LogP contribution in [0.2, 0.25) is 0 Å². The van der Waals surface area contributed by atoms with Crippen molar-refractivity contribution in [3.05, 3.63) is 224 Å². The summed E-state index contributed by atoms with van der Waals surface area (Å²) in [6, 6.07) is 81.4. The Hall–Kier alpha value is -7.22. The van der Waals surface area contributed by atoms with Crippen LogP contribution >= 0.6 is 0 Å². The topological polar surface area (TPSA) is 3.24 Å². The van der Waals surface area contributed by atoms with E-state index in [1.165, 1.54) is 76.8 Å². The lowest BCUT2D eigenvalue weighted by molar-refractivity contribution is 1.28. The highest BCUT2D eigenvalue weighted by atomic mass is 15.1. The number of anilines is 3. The lowest BCUT2D eigenvalue weighted by Gasteiger charge is -2.26. The summed E-state index contributed by atoms with van der Waals surface area (Å²) in [5.41, 5.74) is 13.0. The molecule has 0 heterocycles. The highest BCUT2D eigenvalue weighted by Gasteiger charge is 2.15. The summed E-state index contributed by atoms with van der Waals surface area (Å²) in [7, 11) is 0. The van der Waals surface area contributed by atoms with E-state index in [1.807, 2.05) is 0 Å². The molecule has 10 aromatic carbocycles. The Kier molecular flexibility index (Phi) is 8.24. The highest BCUT2D eigenvalue weighted by Crippen LogP contribution is 2.40. The van der Waals surface area contributed by atoms with Gasteiger partial charge in [0.2, 0.25) is 0 Å². The fraction of sp³-hybridized carbons (Fsp3) is 0. The van der Waals surface area contributed by atoms with Gasteiger partial charge in [-0.05, 0) is 119 Å². The first-order valence-electron chi connectivity index (χ1n) is 18.9. The van der Waals surface area contributed by atoms with Crippen LogP contribution in [0.5, 0.6) is 0 Å². The molecule has 10 rings (SSSR count). The van der Waals surface area contributed by atoms with Gasteiger partial charge in [-0.15, -0.1) is 0 Å². The largest absolute Gasteiger partial charge is 0.311 e. The van der Waals surface area contributed by atoms with Crippen molar-refractivity contribution in [3.8, 4) is 44.5 Å². The maximum atomic E-state index is 2.36. The third-order valence-corrected chi connectivity index (χ3v) is 10.9. The van der Waals surface area contributed by atoms with Crippen molar-refractivity contribution >= 4 is 49.4 Å². The quantitative estimate of drug-likeness (QED) is 0.160. The molecular weight excluding hydrogens is 663 g/mol. The zero-order chi connectivity index (χ0) is 36.6. The third-order valence-electron chi connectivity index (χ3n) is 10.9. The number of rotatable bonds is 7. The van der Waals surface area contributed by atoms with Gasteiger partial charge < -0.3 is 4.90 Å². The Balaban J connectivity index is 1.03. The molecule has 0 unspecified atom stereocenters. The van der Waals surface area contributed by atoms with Gasteiger partial charge in [0.25, 0.3) is 0 Å². The summed E-state index contributed by atoms with van der Waals surface area (Å²) < 4.78 is 0. The van der Waals surface area contributed by atoms with E-state index in [0.29, 0.717) is 0 Å². The molecule has 0 N–H and O–H groups in total. The molecule has 258 valence electrons. The van der Waals surface area contributed by atoms with Crippen molar-refractivity contribution in [3.63, 3.8) is 0 Å². The van der Waals surface area contributed by atoms with Crippen LogP contribution in [-0.2, 0) is 0 Å². The Morgan fingerprint density at radius 3 is 0.982 bits per heavy atom. The number of hydrogen-bond acceptors (Lipinski definition) is 1. The van der Waals surface area contributed by atoms with Crippen LogP contribution < -0.4 is 4.90 Å². The van der Waals surface area contributed by atoms with Crippen molar-refractivity contribution < 1.29 is 0 Å². The fourth-order valence-corrected chi connectivity index (χ4v) is 8.13. The molecule has 0 aromatic heterocycles. The molecule has 0 aliphatic carbocycles. The van der Waals surface area contributed by atoms with Crippen LogP contribution in [0.1, 0.15) is 0 Å². The Labute approximate surface area is 322 Å². The van der Waals surface area contributed by atoms with E-state index in [9.17, 15) is 0 Å². The SMILES string of the molecule is c1cc(-c2ccc(N(c3ccc(-c4cccc5ccccc45)cc3)c3ccc(-c4cccc5ccccc45)cc3)cc2)cc(-c2cccc3ccccc23)c1. The minimum atomic E-state index is 1.10. The lowest BCUT2D eigenvalue weighted by Crippen LogP contribution is -2.09. The van der Waals surface area contributed by atoms with Gasteiger partial charge in [0.1, 0.15) is 0 Å². The molecule has 0 atom stereocenters. The second kappa shape index (κ2) is 14.0. The highest BCUT2D eigenvalue weighted by molar-refractivity contribution is 5.99. The zero-order valence-electron chi connectivity index (χ0n) is 30.3. The Bertz CT molecular complexity index is 2820. The molecule has 0 aliphatic heterocycles. The van der Waals surface area contributed by atoms with Crippen LogP contribution in [0.3, 0.4) is 0 Å². The van der Waals surface area contributed by atoms with Crippen molar-refractivity contribution in [1.82, 2.24) is 0 Å². The van der Waals surface area contributed by atoms with Crippen molar-refractivity contribution in [1.29, 1.82) is 0 Å². The molecular formula is C54H37N. The van der Waals surface area contributed by atoms with Gasteiger partial charge in [0.05, 0.1) is 0 Å². The van der Waals surface area contributed by atoms with Crippen molar-refractivity contribution in [2.24, 2.45) is 0 Å². The smallest absolute Gasteiger partial charge is 0.0462 e. The Morgan fingerprint density at radius 1 is 0.218 bits per heavy atom. The van der Waals surface area contributed by atoms with E-state index in [1.54, 1.807) is 0 Å². The molecule has 10 aromatic rings. The predicted molar refractivity (Wildman–Crippen MR) is 235 cm³/mol. The average molecular weight is 700 g/mol. The number of benzene rings is 10. The van der Waals surface area contributed by atoms with Gasteiger partial charge in [-0.3, -0.25) is 0 Å². The second-order valence-corrected chi connectivity index (χ2v) is 14.1. The molecule has 0 fully saturated rings. The van der Waals surface area contributed by atoms with Crippen LogP contribution in [-0.4, -0.2) is 0 Å². The van der Waals surface area contributed by atoms with Crippen LogP contribution in [0, 0.1) is 0 Å². The molecule has 0 saturated carbocycles. The standard InChI is InChI=1S/C54H37N/c1-4-19-49-39(11-1)14-8-22-52(49)42-27-33-47(34-28-42)55(48-35-29-43(30-36-48)53-23-9-15-40-12-2-5-20-50(40)53)46-31-25-38(26-32-46)44-17-7-18-45(37-44)54-24-10-16-41-13-3-6-21-51(41)54/h1-37H. The lowest BCUT2D eigenvalue weighted by atomic mass is 9.95. The van der Waals surface area contributed by atoms with Gasteiger partial charge in [-0.1, -0.05) is 182 Å². The average Bonchev–Trinajstić information content (AvgIpc) is 3.27. The first kappa shape index (κ1) is 32.4. The number of nitrogens with zero attached hydrogens (tertiary/aromatic N) is 1. The zero-order valence-corrected chi connectivity index (χ0v) is 30.3. The molecule has 1 heteroatoms. The number of fused-ring (bicyclic) bond motifs is 3. The first-order chi connectivity index (χ1) is 27.3. The summed E-state index contributed by atoms with van der Waals surface area (Å²) in [4.78, 5) is 2.36. The minimum Gasteiger partial charge on any atom is -0.311 e. The second-order valence-electron chi connectivity index (χ2n) is 14.1. The van der Waals surface area contributed by atoms with E-state index < -0.39 is 0 Å². The van der Waals surface area contributed by atoms with Crippen molar-refractivity contribution in [2.45, 2.75) is 0 Å². The van der Waals surface area contributed by atoms with Crippen LogP contribution in [0.4, 0.5) is 17.1 Å². The summed E-state index contributed by atoms with van der Waals surface area (Å²) in [6.45, 7) is 0. The maximum Gasteiger partial charge on any atom is 0.0462 e. The maximum absolute atomic E-state index is 2.36. The molecule has 55 heavy (non-hydrogen) atoms. The van der Waals surface area contributed by atoms with Gasteiger partial charge in [-0.25, -0.2) is 0 Å². The monoisotopic (exact) mass is 699 g/mol. The van der Waals surface area contributed by atoms with E-state index in [-0.39, 0.29) is 0 Å². The van der Waals surface area contributed by atoms with E-state index in [0.717, 1.165) is 17.1 Å². The first-order valence-corrected chi connectivity index (χ1v) is 18.9. The molecule has 0 spiro atoms. The number of hydrogen-bond donors (Lipinski definition) is 0. The third kappa shape index (κ3) is 6.12. The molecule has 0 aliphatic rings. The molecule has 0 saturated heterocycles. The van der Waals surface area contributed by atoms with Crippen molar-refractivity contribution in [2.75, 3.05) is 4.90 Å². The molecule has 0 bridgehead atoms. The molecule has 0 amide bonds.